The number of amides is 1. The van der Waals surface area contributed by atoms with Crippen LogP contribution in [0.5, 0.6) is 0 Å². The van der Waals surface area contributed by atoms with Crippen LogP contribution in [0, 0.1) is 5.92 Å². The summed E-state index contributed by atoms with van der Waals surface area (Å²) in [6.45, 7) is 0.371. The number of carbonyl (C=O) groups is 1. The number of aliphatic hydroxyl groups excluding tert-OH is 1. The van der Waals surface area contributed by atoms with Gasteiger partial charge in [0.05, 0.1) is 0 Å². The molecule has 0 aliphatic heterocycles. The van der Waals surface area contributed by atoms with E-state index in [2.05, 4.69) is 0 Å². The number of hydrogen-bond acceptors (Lipinski definition) is 4. The molecule has 2 rings (SSSR count). The lowest BCUT2D eigenvalue weighted by atomic mass is 9.84. The fourth-order valence-electron chi connectivity index (χ4n) is 3.29. The molecular formula is C18H29N3O2. The molecular weight excluding hydrogens is 290 g/mol. The molecule has 1 aromatic rings. The molecule has 0 aromatic heterocycles. The van der Waals surface area contributed by atoms with E-state index in [-0.39, 0.29) is 0 Å². The number of nitrogens with zero attached hydrogens (tertiary/aromatic N) is 1. The molecule has 23 heavy (non-hydrogen) atoms. The molecule has 2 atom stereocenters. The van der Waals surface area contributed by atoms with Crippen molar-refractivity contribution in [1.29, 1.82) is 0 Å². The van der Waals surface area contributed by atoms with Gasteiger partial charge in [-0.2, -0.15) is 0 Å². The van der Waals surface area contributed by atoms with Gasteiger partial charge in [0.25, 0.3) is 5.91 Å². The highest BCUT2D eigenvalue weighted by Gasteiger charge is 2.28. The van der Waals surface area contributed by atoms with Crippen LogP contribution in [-0.2, 0) is 11.2 Å². The minimum absolute atomic E-state index is 0.371. The van der Waals surface area contributed by atoms with Gasteiger partial charge in [-0.3, -0.25) is 9.80 Å². The minimum Gasteiger partial charge on any atom is -0.382 e. The topological polar surface area (TPSA) is 92.6 Å². The van der Waals surface area contributed by atoms with Crippen molar-refractivity contribution in [1.82, 2.24) is 5.01 Å². The summed E-state index contributed by atoms with van der Waals surface area (Å²) in [5, 5.41) is 11.3. The van der Waals surface area contributed by atoms with Gasteiger partial charge in [-0.05, 0) is 24.3 Å². The Morgan fingerprint density at radius 1 is 1.22 bits per heavy atom. The lowest BCUT2D eigenvalue weighted by Crippen LogP contribution is -2.52. The van der Waals surface area contributed by atoms with E-state index in [1.165, 1.54) is 19.3 Å². The zero-order chi connectivity index (χ0) is 16.7. The number of benzene rings is 1. The Labute approximate surface area is 138 Å². The summed E-state index contributed by atoms with van der Waals surface area (Å²) in [5.74, 6) is 5.85. The van der Waals surface area contributed by atoms with Crippen molar-refractivity contribution in [2.75, 3.05) is 6.54 Å². The first kappa shape index (κ1) is 17.9. The van der Waals surface area contributed by atoms with E-state index < -0.39 is 18.1 Å². The average molecular weight is 319 g/mol. The summed E-state index contributed by atoms with van der Waals surface area (Å²) in [6.07, 6.45) is 6.17. The van der Waals surface area contributed by atoms with Gasteiger partial charge in [0.2, 0.25) is 0 Å². The van der Waals surface area contributed by atoms with Gasteiger partial charge in [-0.1, -0.05) is 62.4 Å². The fourth-order valence-corrected chi connectivity index (χ4v) is 3.29. The van der Waals surface area contributed by atoms with Crippen molar-refractivity contribution in [3.8, 4) is 0 Å². The Balaban J connectivity index is 1.77. The summed E-state index contributed by atoms with van der Waals surface area (Å²) in [5.41, 5.74) is 7.15. The molecule has 0 radical (unpaired) electrons. The molecule has 1 unspecified atom stereocenters. The third-order valence-corrected chi connectivity index (χ3v) is 4.76. The molecule has 5 heteroatoms. The predicted molar refractivity (Wildman–Crippen MR) is 91.2 cm³/mol. The second-order valence-corrected chi connectivity index (χ2v) is 6.62. The van der Waals surface area contributed by atoms with Crippen molar-refractivity contribution >= 4 is 5.91 Å². The van der Waals surface area contributed by atoms with Crippen LogP contribution in [-0.4, -0.2) is 34.7 Å². The predicted octanol–water partition coefficient (Wildman–Crippen LogP) is 1.59. The van der Waals surface area contributed by atoms with E-state index in [1.807, 2.05) is 30.3 Å². The Morgan fingerprint density at radius 2 is 1.87 bits per heavy atom. The Bertz CT molecular complexity index is 474. The summed E-state index contributed by atoms with van der Waals surface area (Å²) in [7, 11) is 0. The lowest BCUT2D eigenvalue weighted by molar-refractivity contribution is -0.141. The van der Waals surface area contributed by atoms with E-state index in [4.69, 9.17) is 11.6 Å². The first-order chi connectivity index (χ1) is 11.1. The van der Waals surface area contributed by atoms with E-state index >= 15 is 0 Å². The Morgan fingerprint density at radius 3 is 2.52 bits per heavy atom. The number of hydrogen-bond donors (Lipinski definition) is 3. The molecule has 1 aliphatic carbocycles. The third-order valence-electron chi connectivity index (χ3n) is 4.76. The van der Waals surface area contributed by atoms with Crippen LogP contribution >= 0.6 is 0 Å². The van der Waals surface area contributed by atoms with Crippen LogP contribution in [0.3, 0.4) is 0 Å². The second kappa shape index (κ2) is 9.01. The Kier molecular flexibility index (Phi) is 7.02. The van der Waals surface area contributed by atoms with Crippen LogP contribution in [0.25, 0.3) is 0 Å². The highest BCUT2D eigenvalue weighted by molar-refractivity contribution is 5.80. The summed E-state index contributed by atoms with van der Waals surface area (Å²) in [6, 6.07) is 9.30. The van der Waals surface area contributed by atoms with Gasteiger partial charge in [0.15, 0.2) is 0 Å². The SMILES string of the molecule is N[C@H](CC1CCCCC1)C(O)C(=O)N(N)CCc1ccccc1. The van der Waals surface area contributed by atoms with Crippen LogP contribution in [0.1, 0.15) is 44.1 Å². The maximum Gasteiger partial charge on any atom is 0.266 e. The van der Waals surface area contributed by atoms with E-state index in [0.29, 0.717) is 25.3 Å². The van der Waals surface area contributed by atoms with Crippen LogP contribution in [0.15, 0.2) is 30.3 Å². The molecule has 1 aromatic carbocycles. The largest absolute Gasteiger partial charge is 0.382 e. The van der Waals surface area contributed by atoms with Crippen molar-refractivity contribution in [2.45, 2.75) is 57.1 Å². The maximum atomic E-state index is 12.2. The van der Waals surface area contributed by atoms with Gasteiger partial charge >= 0.3 is 0 Å². The monoisotopic (exact) mass is 319 g/mol. The molecule has 5 N–H and O–H groups in total. The molecule has 1 saturated carbocycles. The molecule has 5 nitrogen and oxygen atoms in total. The summed E-state index contributed by atoms with van der Waals surface area (Å²) >= 11 is 0. The van der Waals surface area contributed by atoms with Crippen molar-refractivity contribution in [2.24, 2.45) is 17.5 Å². The smallest absolute Gasteiger partial charge is 0.266 e. The average Bonchev–Trinajstić information content (AvgIpc) is 2.60. The van der Waals surface area contributed by atoms with Crippen molar-refractivity contribution < 1.29 is 9.90 Å². The van der Waals surface area contributed by atoms with Crippen LogP contribution < -0.4 is 11.6 Å². The highest BCUT2D eigenvalue weighted by atomic mass is 16.3. The normalized spacial score (nSPS) is 18.4. The molecule has 1 amide bonds. The molecule has 0 saturated heterocycles. The maximum absolute atomic E-state index is 12.2. The van der Waals surface area contributed by atoms with Crippen LogP contribution in [0.2, 0.25) is 0 Å². The Hall–Kier alpha value is -1.43. The van der Waals surface area contributed by atoms with Gasteiger partial charge in [0.1, 0.15) is 6.10 Å². The van der Waals surface area contributed by atoms with E-state index in [1.54, 1.807) is 0 Å². The zero-order valence-electron chi connectivity index (χ0n) is 13.7. The lowest BCUT2D eigenvalue weighted by Gasteiger charge is -2.28. The molecule has 128 valence electrons. The first-order valence-electron chi connectivity index (χ1n) is 8.61. The standard InChI is InChI=1S/C18H29N3O2/c19-16(13-15-9-5-2-6-10-15)17(22)18(23)21(20)12-11-14-7-3-1-4-8-14/h1,3-4,7-8,15-17,22H,2,5-6,9-13,19-20H2/t16-,17?/m1/s1. The summed E-state index contributed by atoms with van der Waals surface area (Å²) in [4.78, 5) is 12.2. The first-order valence-corrected chi connectivity index (χ1v) is 8.61. The van der Waals surface area contributed by atoms with Crippen LogP contribution in [0.4, 0.5) is 0 Å². The number of rotatable bonds is 7. The number of nitrogens with two attached hydrogens (primary N) is 2. The van der Waals surface area contributed by atoms with Crippen molar-refractivity contribution in [3.63, 3.8) is 0 Å². The minimum atomic E-state index is -1.21. The number of carbonyl (C=O) groups excluding carboxylic acids is 1. The second-order valence-electron chi connectivity index (χ2n) is 6.62. The number of aliphatic hydroxyl groups is 1. The molecule has 1 fully saturated rings. The molecule has 0 bridgehead atoms. The fraction of sp³-hybridized carbons (Fsp3) is 0.611. The summed E-state index contributed by atoms with van der Waals surface area (Å²) < 4.78 is 0. The van der Waals surface area contributed by atoms with E-state index in [9.17, 15) is 9.90 Å². The van der Waals surface area contributed by atoms with Gasteiger partial charge in [0, 0.05) is 12.6 Å². The number of hydrazine groups is 1. The van der Waals surface area contributed by atoms with Gasteiger partial charge < -0.3 is 10.8 Å². The zero-order valence-corrected chi connectivity index (χ0v) is 13.7. The molecule has 0 spiro atoms. The highest BCUT2D eigenvalue weighted by Crippen LogP contribution is 2.27. The van der Waals surface area contributed by atoms with E-state index in [0.717, 1.165) is 23.4 Å². The quantitative estimate of drug-likeness (QED) is 0.404. The third kappa shape index (κ3) is 5.61. The van der Waals surface area contributed by atoms with Gasteiger partial charge in [-0.25, -0.2) is 5.84 Å². The molecule has 0 heterocycles. The molecule has 1 aliphatic rings. The van der Waals surface area contributed by atoms with Crippen molar-refractivity contribution in [3.05, 3.63) is 35.9 Å². The van der Waals surface area contributed by atoms with Gasteiger partial charge in [-0.15, -0.1) is 0 Å².